The predicted molar refractivity (Wildman–Crippen MR) is 63.5 cm³/mol. The first-order valence-corrected chi connectivity index (χ1v) is 6.31. The summed E-state index contributed by atoms with van der Waals surface area (Å²) in [5, 5.41) is 0. The van der Waals surface area contributed by atoms with E-state index in [9.17, 15) is 4.79 Å². The SMILES string of the molecule is CC(C)C(OC1CCCCCC1)C(=O)NN. The molecule has 0 heterocycles. The average Bonchev–Trinajstić information content (AvgIpc) is 2.52. The molecule has 1 aliphatic rings. The summed E-state index contributed by atoms with van der Waals surface area (Å²) in [6, 6.07) is 0. The highest BCUT2D eigenvalue weighted by Gasteiger charge is 2.26. The third-order valence-corrected chi connectivity index (χ3v) is 3.15. The van der Waals surface area contributed by atoms with E-state index in [0.717, 1.165) is 12.8 Å². The van der Waals surface area contributed by atoms with Crippen LogP contribution in [0.5, 0.6) is 0 Å². The van der Waals surface area contributed by atoms with Crippen LogP contribution >= 0.6 is 0 Å². The fraction of sp³-hybridized carbons (Fsp3) is 0.917. The molecule has 1 atom stereocenters. The lowest BCUT2D eigenvalue weighted by Crippen LogP contribution is -2.44. The summed E-state index contributed by atoms with van der Waals surface area (Å²) < 4.78 is 5.89. The maximum atomic E-state index is 11.6. The van der Waals surface area contributed by atoms with E-state index >= 15 is 0 Å². The van der Waals surface area contributed by atoms with Gasteiger partial charge in [-0.1, -0.05) is 39.5 Å². The first-order valence-electron chi connectivity index (χ1n) is 6.31. The molecule has 1 amide bonds. The molecule has 3 N–H and O–H groups in total. The van der Waals surface area contributed by atoms with Gasteiger partial charge < -0.3 is 4.74 Å². The van der Waals surface area contributed by atoms with E-state index in [2.05, 4.69) is 5.43 Å². The Morgan fingerprint density at radius 3 is 2.25 bits per heavy atom. The third kappa shape index (κ3) is 4.10. The molecule has 0 radical (unpaired) electrons. The van der Waals surface area contributed by atoms with Gasteiger partial charge in [0, 0.05) is 0 Å². The highest BCUT2D eigenvalue weighted by molar-refractivity contribution is 5.80. The van der Waals surface area contributed by atoms with Gasteiger partial charge in [-0.05, 0) is 18.8 Å². The monoisotopic (exact) mass is 228 g/mol. The van der Waals surface area contributed by atoms with Gasteiger partial charge in [-0.15, -0.1) is 0 Å². The van der Waals surface area contributed by atoms with Crippen LogP contribution in [0.15, 0.2) is 0 Å². The second-order valence-corrected chi connectivity index (χ2v) is 4.92. The van der Waals surface area contributed by atoms with Crippen molar-refractivity contribution in [3.05, 3.63) is 0 Å². The number of amides is 1. The molecule has 16 heavy (non-hydrogen) atoms. The fourth-order valence-electron chi connectivity index (χ4n) is 2.19. The van der Waals surface area contributed by atoms with Crippen molar-refractivity contribution in [2.24, 2.45) is 11.8 Å². The number of nitrogens with two attached hydrogens (primary N) is 1. The molecule has 0 aromatic carbocycles. The van der Waals surface area contributed by atoms with Crippen LogP contribution in [0.2, 0.25) is 0 Å². The van der Waals surface area contributed by atoms with Gasteiger partial charge in [-0.3, -0.25) is 10.2 Å². The molecule has 1 fully saturated rings. The maximum absolute atomic E-state index is 11.6. The van der Waals surface area contributed by atoms with Gasteiger partial charge >= 0.3 is 0 Å². The minimum atomic E-state index is -0.409. The van der Waals surface area contributed by atoms with E-state index in [1.807, 2.05) is 13.8 Å². The highest BCUT2D eigenvalue weighted by Crippen LogP contribution is 2.22. The minimum absolute atomic E-state index is 0.159. The molecule has 1 aliphatic carbocycles. The van der Waals surface area contributed by atoms with Crippen molar-refractivity contribution in [2.45, 2.75) is 64.6 Å². The zero-order valence-electron chi connectivity index (χ0n) is 10.4. The Morgan fingerprint density at radius 1 is 1.25 bits per heavy atom. The summed E-state index contributed by atoms with van der Waals surface area (Å²) in [4.78, 5) is 11.6. The van der Waals surface area contributed by atoms with Crippen molar-refractivity contribution in [3.8, 4) is 0 Å². The second kappa shape index (κ2) is 6.86. The van der Waals surface area contributed by atoms with Crippen LogP contribution in [0.1, 0.15) is 52.4 Å². The Morgan fingerprint density at radius 2 is 1.81 bits per heavy atom. The van der Waals surface area contributed by atoms with E-state index < -0.39 is 6.10 Å². The van der Waals surface area contributed by atoms with Gasteiger partial charge in [0.25, 0.3) is 5.91 Å². The largest absolute Gasteiger partial charge is 0.365 e. The topological polar surface area (TPSA) is 64.3 Å². The van der Waals surface area contributed by atoms with E-state index in [1.165, 1.54) is 25.7 Å². The number of ether oxygens (including phenoxy) is 1. The Bertz CT molecular complexity index is 211. The van der Waals surface area contributed by atoms with Crippen LogP contribution in [0.3, 0.4) is 0 Å². The van der Waals surface area contributed by atoms with Gasteiger partial charge in [0.05, 0.1) is 6.10 Å². The van der Waals surface area contributed by atoms with Crippen LogP contribution in [-0.4, -0.2) is 18.1 Å². The molecule has 0 spiro atoms. The summed E-state index contributed by atoms with van der Waals surface area (Å²) >= 11 is 0. The van der Waals surface area contributed by atoms with Crippen molar-refractivity contribution in [1.82, 2.24) is 5.43 Å². The maximum Gasteiger partial charge on any atom is 0.263 e. The van der Waals surface area contributed by atoms with Crippen LogP contribution in [0, 0.1) is 5.92 Å². The molecule has 4 heteroatoms. The predicted octanol–water partition coefficient (Wildman–Crippen LogP) is 1.74. The van der Waals surface area contributed by atoms with Crippen LogP contribution in [-0.2, 0) is 9.53 Å². The van der Waals surface area contributed by atoms with Crippen LogP contribution in [0.25, 0.3) is 0 Å². The van der Waals surface area contributed by atoms with E-state index in [0.29, 0.717) is 0 Å². The van der Waals surface area contributed by atoms with Crippen molar-refractivity contribution in [2.75, 3.05) is 0 Å². The molecule has 0 saturated heterocycles. The number of carbonyl (C=O) groups excluding carboxylic acids is 1. The standard InChI is InChI=1S/C12H24N2O2/c1-9(2)11(12(15)14-13)16-10-7-5-3-4-6-8-10/h9-11H,3-8,13H2,1-2H3,(H,14,15). The normalized spacial score (nSPS) is 20.5. The smallest absolute Gasteiger partial charge is 0.263 e. The lowest BCUT2D eigenvalue weighted by Gasteiger charge is -2.25. The van der Waals surface area contributed by atoms with Crippen molar-refractivity contribution < 1.29 is 9.53 Å². The van der Waals surface area contributed by atoms with Crippen LogP contribution in [0.4, 0.5) is 0 Å². The van der Waals surface area contributed by atoms with Crippen LogP contribution < -0.4 is 11.3 Å². The lowest BCUT2D eigenvalue weighted by molar-refractivity contribution is -0.141. The number of carbonyl (C=O) groups is 1. The Labute approximate surface area is 97.9 Å². The first kappa shape index (κ1) is 13.5. The highest BCUT2D eigenvalue weighted by atomic mass is 16.5. The Balaban J connectivity index is 2.49. The Kier molecular flexibility index (Phi) is 5.77. The average molecular weight is 228 g/mol. The number of hydrazine groups is 1. The Hall–Kier alpha value is -0.610. The van der Waals surface area contributed by atoms with Gasteiger partial charge in [-0.25, -0.2) is 5.84 Å². The first-order chi connectivity index (χ1) is 7.65. The van der Waals surface area contributed by atoms with Gasteiger partial charge in [-0.2, -0.15) is 0 Å². The molecular formula is C12H24N2O2. The van der Waals surface area contributed by atoms with E-state index in [1.54, 1.807) is 0 Å². The number of nitrogens with one attached hydrogen (secondary N) is 1. The molecule has 1 rings (SSSR count). The van der Waals surface area contributed by atoms with Crippen molar-refractivity contribution in [1.29, 1.82) is 0 Å². The summed E-state index contributed by atoms with van der Waals surface area (Å²) in [5.41, 5.74) is 2.19. The lowest BCUT2D eigenvalue weighted by atomic mass is 10.1. The molecular weight excluding hydrogens is 204 g/mol. The van der Waals surface area contributed by atoms with Gasteiger partial charge in [0.1, 0.15) is 6.10 Å². The molecule has 0 bridgehead atoms. The summed E-state index contributed by atoms with van der Waals surface area (Å²) in [6.07, 6.45) is 6.95. The van der Waals surface area contributed by atoms with E-state index in [-0.39, 0.29) is 17.9 Å². The van der Waals surface area contributed by atoms with Gasteiger partial charge in [0.15, 0.2) is 0 Å². The van der Waals surface area contributed by atoms with Crippen molar-refractivity contribution >= 4 is 5.91 Å². The molecule has 0 aromatic heterocycles. The van der Waals surface area contributed by atoms with Crippen molar-refractivity contribution in [3.63, 3.8) is 0 Å². The second-order valence-electron chi connectivity index (χ2n) is 4.92. The number of hydrogen-bond donors (Lipinski definition) is 2. The van der Waals surface area contributed by atoms with Gasteiger partial charge in [0.2, 0.25) is 0 Å². The number of rotatable bonds is 4. The fourth-order valence-corrected chi connectivity index (χ4v) is 2.19. The quantitative estimate of drug-likeness (QED) is 0.333. The molecule has 0 aliphatic heterocycles. The zero-order valence-corrected chi connectivity index (χ0v) is 10.4. The summed E-state index contributed by atoms with van der Waals surface area (Å²) in [7, 11) is 0. The summed E-state index contributed by atoms with van der Waals surface area (Å²) in [6.45, 7) is 3.97. The minimum Gasteiger partial charge on any atom is -0.365 e. The molecule has 1 saturated carbocycles. The van der Waals surface area contributed by atoms with E-state index in [4.69, 9.17) is 10.6 Å². The molecule has 4 nitrogen and oxygen atoms in total. The number of hydrogen-bond acceptors (Lipinski definition) is 3. The molecule has 0 aromatic rings. The summed E-state index contributed by atoms with van der Waals surface area (Å²) in [5.74, 6) is 5.12. The zero-order chi connectivity index (χ0) is 12.0. The third-order valence-electron chi connectivity index (χ3n) is 3.15. The molecule has 94 valence electrons. The molecule has 1 unspecified atom stereocenters.